The number of hydrogen-bond acceptors (Lipinski definition) is 1. The summed E-state index contributed by atoms with van der Waals surface area (Å²) < 4.78 is 9.10. The monoisotopic (exact) mass is 489 g/mol. The molecule has 0 N–H and O–H groups in total. The van der Waals surface area contributed by atoms with Gasteiger partial charge < -0.3 is 9.30 Å². The number of ether oxygens (including phenoxy) is 1. The number of hydrogen-bond donors (Lipinski definition) is 0. The lowest BCUT2D eigenvalue weighted by Gasteiger charge is -2.24. The minimum atomic E-state index is 0.0276. The molecule has 182 valence electrons. The van der Waals surface area contributed by atoms with Crippen molar-refractivity contribution in [1.82, 2.24) is 4.57 Å². The molecule has 1 aromatic heterocycles. The molecule has 5 aromatic rings. The second-order valence-electron chi connectivity index (χ2n) is 10.4. The lowest BCUT2D eigenvalue weighted by Crippen LogP contribution is -2.14. The van der Waals surface area contributed by atoms with E-state index >= 15 is 0 Å². The number of benzene rings is 4. The summed E-state index contributed by atoms with van der Waals surface area (Å²) in [5, 5.41) is 1.28. The van der Waals surface area contributed by atoms with Crippen LogP contribution in [0.2, 0.25) is 0 Å². The van der Waals surface area contributed by atoms with Crippen molar-refractivity contribution >= 4 is 17.0 Å². The maximum Gasteiger partial charge on any atom is 0.136 e. The van der Waals surface area contributed by atoms with Gasteiger partial charge in [-0.2, -0.15) is 0 Å². The van der Waals surface area contributed by atoms with Crippen LogP contribution in [-0.4, -0.2) is 4.57 Å². The topological polar surface area (TPSA) is 14.2 Å². The Bertz CT molecular complexity index is 1730. The Labute approximate surface area is 222 Å². The Morgan fingerprint density at radius 1 is 0.684 bits per heavy atom. The third kappa shape index (κ3) is 3.27. The first-order valence-electron chi connectivity index (χ1n) is 13.5. The molecule has 0 fully saturated rings. The maximum absolute atomic E-state index is 6.67. The van der Waals surface area contributed by atoms with Gasteiger partial charge >= 0.3 is 0 Å². The third-order valence-corrected chi connectivity index (χ3v) is 8.24. The molecule has 38 heavy (non-hydrogen) atoms. The van der Waals surface area contributed by atoms with Gasteiger partial charge in [0.2, 0.25) is 0 Å². The van der Waals surface area contributed by atoms with E-state index in [9.17, 15) is 0 Å². The number of nitrogens with zero attached hydrogens (tertiary/aromatic N) is 1. The van der Waals surface area contributed by atoms with Gasteiger partial charge in [-0.15, -0.1) is 0 Å². The van der Waals surface area contributed by atoms with Crippen molar-refractivity contribution in [3.05, 3.63) is 144 Å². The minimum Gasteiger partial charge on any atom is -0.485 e. The summed E-state index contributed by atoms with van der Waals surface area (Å²) in [7, 11) is 0. The van der Waals surface area contributed by atoms with Crippen molar-refractivity contribution in [3.8, 4) is 27.9 Å². The zero-order valence-corrected chi connectivity index (χ0v) is 21.0. The highest BCUT2D eigenvalue weighted by atomic mass is 16.5. The van der Waals surface area contributed by atoms with Crippen LogP contribution in [0.25, 0.3) is 44.9 Å². The van der Waals surface area contributed by atoms with E-state index in [4.69, 9.17) is 4.74 Å². The molecule has 0 amide bonds. The highest BCUT2D eigenvalue weighted by molar-refractivity contribution is 5.92. The molecule has 0 saturated carbocycles. The quantitative estimate of drug-likeness (QED) is 0.246. The minimum absolute atomic E-state index is 0.0276. The number of rotatable bonds is 3. The zero-order valence-electron chi connectivity index (χ0n) is 21.0. The molecule has 0 radical (unpaired) electrons. The van der Waals surface area contributed by atoms with Gasteiger partial charge in [-0.05, 0) is 77.1 Å². The summed E-state index contributed by atoms with van der Waals surface area (Å²) in [5.41, 5.74) is 11.2. The van der Waals surface area contributed by atoms with E-state index in [1.165, 1.54) is 55.7 Å². The predicted octanol–water partition coefficient (Wildman–Crippen LogP) is 9.28. The molecule has 2 nitrogen and oxygen atoms in total. The number of para-hydroxylation sites is 1. The summed E-state index contributed by atoms with van der Waals surface area (Å²) in [4.78, 5) is 0. The molecule has 8 rings (SSSR count). The highest BCUT2D eigenvalue weighted by Gasteiger charge is 2.41. The first kappa shape index (κ1) is 21.5. The SMILES string of the molecule is C1=CC2=C(CC1)C1C=Cc3c(c4ccccc4n3-c3cc(-c4ccccc4)cc(-c4ccccc4)c3)C1O2. The molecule has 0 bridgehead atoms. The van der Waals surface area contributed by atoms with E-state index in [0.29, 0.717) is 5.92 Å². The van der Waals surface area contributed by atoms with Gasteiger partial charge in [0.15, 0.2) is 0 Å². The molecule has 4 aromatic carbocycles. The summed E-state index contributed by atoms with van der Waals surface area (Å²) >= 11 is 0. The summed E-state index contributed by atoms with van der Waals surface area (Å²) in [6.07, 6.45) is 11.4. The first-order valence-corrected chi connectivity index (χ1v) is 13.5. The van der Waals surface area contributed by atoms with E-state index in [2.05, 4.69) is 132 Å². The Balaban J connectivity index is 1.37. The van der Waals surface area contributed by atoms with E-state index in [1.54, 1.807) is 0 Å². The molecule has 2 heteroatoms. The van der Waals surface area contributed by atoms with Crippen molar-refractivity contribution in [1.29, 1.82) is 0 Å². The second-order valence-corrected chi connectivity index (χ2v) is 10.4. The molecule has 0 spiro atoms. The van der Waals surface area contributed by atoms with Gasteiger partial charge in [-0.1, -0.05) is 91.0 Å². The van der Waals surface area contributed by atoms with Crippen LogP contribution in [0.4, 0.5) is 0 Å². The molecule has 3 aliphatic rings. The average molecular weight is 490 g/mol. The lowest BCUT2D eigenvalue weighted by atomic mass is 9.82. The zero-order chi connectivity index (χ0) is 25.1. The average Bonchev–Trinajstić information content (AvgIpc) is 3.53. The normalized spacial score (nSPS) is 19.3. The second kappa shape index (κ2) is 8.49. The highest BCUT2D eigenvalue weighted by Crippen LogP contribution is 2.52. The number of allylic oxidation sites excluding steroid dienone is 2. The lowest BCUT2D eigenvalue weighted by molar-refractivity contribution is 0.134. The Hall–Kier alpha value is -4.56. The Kier molecular flexibility index (Phi) is 4.81. The van der Waals surface area contributed by atoms with E-state index < -0.39 is 0 Å². The fraction of sp³-hybridized carbons (Fsp3) is 0.111. The molecule has 1 aliphatic heterocycles. The van der Waals surface area contributed by atoms with Gasteiger partial charge in [-0.25, -0.2) is 0 Å². The van der Waals surface area contributed by atoms with Crippen molar-refractivity contribution < 1.29 is 4.74 Å². The van der Waals surface area contributed by atoms with Crippen LogP contribution in [0.1, 0.15) is 30.2 Å². The first-order chi connectivity index (χ1) is 18.8. The Morgan fingerprint density at radius 3 is 2.11 bits per heavy atom. The largest absolute Gasteiger partial charge is 0.485 e. The molecule has 2 heterocycles. The fourth-order valence-electron chi connectivity index (χ4n) is 6.51. The van der Waals surface area contributed by atoms with Crippen LogP contribution in [0.15, 0.2) is 133 Å². The molecule has 2 unspecified atom stereocenters. The van der Waals surface area contributed by atoms with Crippen LogP contribution in [0.3, 0.4) is 0 Å². The summed E-state index contributed by atoms with van der Waals surface area (Å²) in [5.74, 6) is 1.40. The third-order valence-electron chi connectivity index (χ3n) is 8.24. The van der Waals surface area contributed by atoms with Crippen molar-refractivity contribution in [3.63, 3.8) is 0 Å². The molecule has 0 saturated heterocycles. The van der Waals surface area contributed by atoms with Gasteiger partial charge in [0.05, 0.1) is 11.2 Å². The van der Waals surface area contributed by atoms with Gasteiger partial charge in [0.25, 0.3) is 0 Å². The van der Waals surface area contributed by atoms with Gasteiger partial charge in [0.1, 0.15) is 11.9 Å². The van der Waals surface area contributed by atoms with Crippen LogP contribution in [0.5, 0.6) is 0 Å². The predicted molar refractivity (Wildman–Crippen MR) is 156 cm³/mol. The van der Waals surface area contributed by atoms with Crippen molar-refractivity contribution in [2.75, 3.05) is 0 Å². The summed E-state index contributed by atoms with van der Waals surface area (Å²) in [6.45, 7) is 0. The number of aromatic nitrogens is 1. The van der Waals surface area contributed by atoms with Gasteiger partial charge in [0, 0.05) is 22.6 Å². The standard InChI is InChI=1S/C36H27NO/c1-3-11-24(12-4-1)26-21-27(25-13-5-2-6-14-25)23-28(22-26)37-32-17-9-7-16-31(32)35-33(37)20-19-30-29-15-8-10-18-34(29)38-36(30)35/h1-7,9-14,16-23,30,36H,8,15H2. The Morgan fingerprint density at radius 2 is 1.37 bits per heavy atom. The molecule has 2 atom stereocenters. The van der Waals surface area contributed by atoms with Gasteiger partial charge in [-0.3, -0.25) is 0 Å². The number of fused-ring (bicyclic) bond motifs is 6. The van der Waals surface area contributed by atoms with E-state index in [1.807, 2.05) is 0 Å². The van der Waals surface area contributed by atoms with E-state index in [0.717, 1.165) is 18.6 Å². The summed E-state index contributed by atoms with van der Waals surface area (Å²) in [6, 6.07) is 37.1. The van der Waals surface area contributed by atoms with Crippen molar-refractivity contribution in [2.24, 2.45) is 5.92 Å². The molecule has 2 aliphatic carbocycles. The smallest absolute Gasteiger partial charge is 0.136 e. The van der Waals surface area contributed by atoms with Crippen LogP contribution < -0.4 is 0 Å². The maximum atomic E-state index is 6.67. The van der Waals surface area contributed by atoms with Crippen LogP contribution in [0, 0.1) is 5.92 Å². The van der Waals surface area contributed by atoms with E-state index in [-0.39, 0.29) is 6.10 Å². The van der Waals surface area contributed by atoms with Crippen LogP contribution >= 0.6 is 0 Å². The molecular weight excluding hydrogens is 462 g/mol. The van der Waals surface area contributed by atoms with Crippen LogP contribution in [-0.2, 0) is 4.74 Å². The molecular formula is C36H27NO. The van der Waals surface area contributed by atoms with Crippen molar-refractivity contribution in [2.45, 2.75) is 18.9 Å². The fourth-order valence-corrected chi connectivity index (χ4v) is 6.51.